The van der Waals surface area contributed by atoms with Gasteiger partial charge in [0.1, 0.15) is 5.82 Å². The first kappa shape index (κ1) is 17.9. The van der Waals surface area contributed by atoms with Crippen LogP contribution in [0.3, 0.4) is 0 Å². The van der Waals surface area contributed by atoms with Gasteiger partial charge in [-0.15, -0.1) is 0 Å². The summed E-state index contributed by atoms with van der Waals surface area (Å²) in [6, 6.07) is 6.57. The van der Waals surface area contributed by atoms with E-state index in [0.29, 0.717) is 26.1 Å². The minimum absolute atomic E-state index is 0.0237. The molecule has 2 aliphatic heterocycles. The molecule has 6 heteroatoms. The van der Waals surface area contributed by atoms with Gasteiger partial charge >= 0.3 is 0 Å². The van der Waals surface area contributed by atoms with E-state index in [4.69, 9.17) is 0 Å². The predicted molar refractivity (Wildman–Crippen MR) is 93.6 cm³/mol. The molecule has 1 aromatic carbocycles. The van der Waals surface area contributed by atoms with E-state index in [9.17, 15) is 14.0 Å². The molecule has 2 atom stereocenters. The number of nitrogens with zero attached hydrogens (tertiary/aromatic N) is 2. The summed E-state index contributed by atoms with van der Waals surface area (Å²) in [5, 5.41) is 3.08. The van der Waals surface area contributed by atoms with Crippen LogP contribution in [0.5, 0.6) is 0 Å². The molecule has 0 radical (unpaired) electrons. The van der Waals surface area contributed by atoms with Gasteiger partial charge in [0.2, 0.25) is 11.8 Å². The molecule has 5 nitrogen and oxygen atoms in total. The number of benzene rings is 1. The van der Waals surface area contributed by atoms with Gasteiger partial charge in [0.15, 0.2) is 0 Å². The lowest BCUT2D eigenvalue weighted by molar-refractivity contribution is -0.140. The van der Waals surface area contributed by atoms with Crippen LogP contribution in [-0.2, 0) is 9.59 Å². The van der Waals surface area contributed by atoms with Crippen molar-refractivity contribution in [1.29, 1.82) is 0 Å². The van der Waals surface area contributed by atoms with Crippen molar-refractivity contribution in [2.24, 2.45) is 0 Å². The fourth-order valence-electron chi connectivity index (χ4n) is 3.76. The van der Waals surface area contributed by atoms with E-state index in [-0.39, 0.29) is 29.6 Å². The third-order valence-electron chi connectivity index (χ3n) is 5.21. The van der Waals surface area contributed by atoms with E-state index in [1.807, 2.05) is 22.8 Å². The molecule has 2 saturated heterocycles. The minimum atomic E-state index is -0.271. The average Bonchev–Trinajstić information content (AvgIpc) is 2.62. The van der Waals surface area contributed by atoms with Crippen molar-refractivity contribution in [3.05, 3.63) is 35.6 Å². The summed E-state index contributed by atoms with van der Waals surface area (Å²) in [4.78, 5) is 28.6. The van der Waals surface area contributed by atoms with Gasteiger partial charge in [-0.25, -0.2) is 4.39 Å². The van der Waals surface area contributed by atoms with Gasteiger partial charge in [-0.05, 0) is 36.5 Å². The predicted octanol–water partition coefficient (Wildman–Crippen LogP) is 1.74. The Morgan fingerprint density at radius 1 is 1.40 bits per heavy atom. The van der Waals surface area contributed by atoms with Gasteiger partial charge in [-0.1, -0.05) is 19.1 Å². The minimum Gasteiger partial charge on any atom is -0.341 e. The van der Waals surface area contributed by atoms with Gasteiger partial charge in [0, 0.05) is 38.6 Å². The molecule has 1 aromatic rings. The molecule has 3 rings (SSSR count). The van der Waals surface area contributed by atoms with Gasteiger partial charge in [0.25, 0.3) is 0 Å². The van der Waals surface area contributed by atoms with Crippen LogP contribution in [0, 0.1) is 5.82 Å². The van der Waals surface area contributed by atoms with Gasteiger partial charge in [-0.3, -0.25) is 9.59 Å². The Morgan fingerprint density at radius 2 is 2.24 bits per heavy atom. The number of halogens is 1. The molecule has 136 valence electrons. The molecule has 0 aliphatic carbocycles. The molecule has 2 amide bonds. The molecule has 0 unspecified atom stereocenters. The van der Waals surface area contributed by atoms with Crippen LogP contribution < -0.4 is 5.32 Å². The van der Waals surface area contributed by atoms with Crippen LogP contribution in [-0.4, -0.2) is 60.4 Å². The number of carbonyl (C=O) groups is 2. The molecule has 2 aliphatic rings. The quantitative estimate of drug-likeness (QED) is 0.903. The molecule has 25 heavy (non-hydrogen) atoms. The van der Waals surface area contributed by atoms with Crippen LogP contribution in [0.1, 0.15) is 37.7 Å². The number of hydrogen-bond donors (Lipinski definition) is 1. The number of likely N-dealkylation sites (tertiary alicyclic amines) is 1. The summed E-state index contributed by atoms with van der Waals surface area (Å²) in [5.74, 6) is -0.0841. The van der Waals surface area contributed by atoms with Crippen molar-refractivity contribution >= 4 is 11.8 Å². The number of rotatable bonds is 4. The van der Waals surface area contributed by atoms with Crippen LogP contribution in [0.15, 0.2) is 24.3 Å². The summed E-state index contributed by atoms with van der Waals surface area (Å²) >= 11 is 0. The summed E-state index contributed by atoms with van der Waals surface area (Å²) < 4.78 is 13.4. The summed E-state index contributed by atoms with van der Waals surface area (Å²) in [6.45, 7) is 5.22. The van der Waals surface area contributed by atoms with Crippen molar-refractivity contribution < 1.29 is 14.0 Å². The maximum absolute atomic E-state index is 13.4. The monoisotopic (exact) mass is 347 g/mol. The third-order valence-corrected chi connectivity index (χ3v) is 5.21. The highest BCUT2D eigenvalue weighted by Crippen LogP contribution is 2.23. The number of hydrogen-bond acceptors (Lipinski definition) is 3. The lowest BCUT2D eigenvalue weighted by Crippen LogP contribution is -2.57. The Labute approximate surface area is 148 Å². The zero-order chi connectivity index (χ0) is 17.8. The highest BCUT2D eigenvalue weighted by molar-refractivity contribution is 5.80. The molecule has 1 N–H and O–H groups in total. The van der Waals surface area contributed by atoms with Crippen LogP contribution >= 0.6 is 0 Å². The highest BCUT2D eigenvalue weighted by Gasteiger charge is 2.31. The van der Waals surface area contributed by atoms with Gasteiger partial charge < -0.3 is 15.1 Å². The zero-order valence-corrected chi connectivity index (χ0v) is 14.7. The smallest absolute Gasteiger partial charge is 0.236 e. The van der Waals surface area contributed by atoms with Gasteiger partial charge in [0.05, 0.1) is 6.54 Å². The number of nitrogens with one attached hydrogen (secondary N) is 1. The Bertz CT molecular complexity index is 637. The first-order chi connectivity index (χ1) is 12.0. The van der Waals surface area contributed by atoms with E-state index in [2.05, 4.69) is 5.32 Å². The first-order valence-corrected chi connectivity index (χ1v) is 9.08. The fraction of sp³-hybridized carbons (Fsp3) is 0.579. The second kappa shape index (κ2) is 7.95. The van der Waals surface area contributed by atoms with E-state index >= 15 is 0 Å². The molecule has 2 heterocycles. The topological polar surface area (TPSA) is 52.7 Å². The first-order valence-electron chi connectivity index (χ1n) is 9.08. The Balaban J connectivity index is 1.59. The zero-order valence-electron chi connectivity index (χ0n) is 14.7. The normalized spacial score (nSPS) is 22.8. The molecule has 0 spiro atoms. The molecular weight excluding hydrogens is 321 g/mol. The van der Waals surface area contributed by atoms with Crippen LogP contribution in [0.25, 0.3) is 0 Å². The van der Waals surface area contributed by atoms with Gasteiger partial charge in [-0.2, -0.15) is 0 Å². The molecule has 0 bridgehead atoms. The summed E-state index contributed by atoms with van der Waals surface area (Å²) in [7, 11) is 0. The highest BCUT2D eigenvalue weighted by atomic mass is 19.1. The van der Waals surface area contributed by atoms with E-state index in [0.717, 1.165) is 31.5 Å². The Morgan fingerprint density at radius 3 is 3.00 bits per heavy atom. The number of piperazine rings is 1. The lowest BCUT2D eigenvalue weighted by Gasteiger charge is -2.41. The molecule has 0 aromatic heterocycles. The fourth-order valence-corrected chi connectivity index (χ4v) is 3.76. The summed E-state index contributed by atoms with van der Waals surface area (Å²) in [6.07, 6.45) is 2.24. The van der Waals surface area contributed by atoms with E-state index in [1.54, 1.807) is 6.07 Å². The van der Waals surface area contributed by atoms with Crippen LogP contribution in [0.2, 0.25) is 0 Å². The van der Waals surface area contributed by atoms with Crippen molar-refractivity contribution in [1.82, 2.24) is 15.1 Å². The summed E-state index contributed by atoms with van der Waals surface area (Å²) in [5.41, 5.74) is 0.846. The second-order valence-corrected chi connectivity index (χ2v) is 7.06. The number of carbonyl (C=O) groups excluding carboxylic acids is 2. The maximum Gasteiger partial charge on any atom is 0.236 e. The second-order valence-electron chi connectivity index (χ2n) is 7.06. The number of piperidine rings is 1. The lowest BCUT2D eigenvalue weighted by atomic mass is 9.96. The largest absolute Gasteiger partial charge is 0.341 e. The third kappa shape index (κ3) is 4.37. The molecule has 0 saturated carbocycles. The van der Waals surface area contributed by atoms with E-state index in [1.165, 1.54) is 12.1 Å². The van der Waals surface area contributed by atoms with E-state index < -0.39 is 0 Å². The van der Waals surface area contributed by atoms with Crippen molar-refractivity contribution in [3.63, 3.8) is 0 Å². The molecular formula is C19H26FN3O2. The van der Waals surface area contributed by atoms with Crippen molar-refractivity contribution in [3.8, 4) is 0 Å². The SMILES string of the molecule is C[C@@H](CC(=O)N1CCC[C@H](N2CCNCC2=O)C1)c1cccc(F)c1. The Kier molecular flexibility index (Phi) is 5.68. The average molecular weight is 347 g/mol. The maximum atomic E-state index is 13.4. The van der Waals surface area contributed by atoms with Crippen molar-refractivity contribution in [2.45, 2.75) is 38.1 Å². The number of amides is 2. The van der Waals surface area contributed by atoms with Crippen LogP contribution in [0.4, 0.5) is 4.39 Å². The molecule has 2 fully saturated rings. The Hall–Kier alpha value is -1.95. The standard InChI is InChI=1S/C19H26FN3O2/c1-14(15-4-2-5-16(20)11-15)10-18(24)22-8-3-6-17(13-22)23-9-7-21-12-19(23)25/h2,4-5,11,14,17,21H,3,6-10,12-13H2,1H3/t14-,17-/m0/s1. The van der Waals surface area contributed by atoms with Crippen molar-refractivity contribution in [2.75, 3.05) is 32.7 Å².